The minimum absolute atomic E-state index is 0.334. The number of nitrogen functional groups attached to an aromatic ring is 1. The summed E-state index contributed by atoms with van der Waals surface area (Å²) < 4.78 is 4.99. The van der Waals surface area contributed by atoms with Crippen molar-refractivity contribution in [2.24, 2.45) is 0 Å². The molecule has 0 aliphatic carbocycles. The lowest BCUT2D eigenvalue weighted by Gasteiger charge is -2.12. The van der Waals surface area contributed by atoms with Gasteiger partial charge in [-0.15, -0.1) is 0 Å². The summed E-state index contributed by atoms with van der Waals surface area (Å²) in [5.74, 6) is -0.365. The average Bonchev–Trinajstić information content (AvgIpc) is 2.51. The molecular weight excluding hydrogens is 335 g/mol. The van der Waals surface area contributed by atoms with E-state index >= 15 is 0 Å². The molecule has 4 nitrogen and oxygen atoms in total. The molecule has 0 saturated carbocycles. The fraction of sp³-hybridized carbons (Fsp3) is 0.235. The second kappa shape index (κ2) is 8.09. The second-order valence-corrected chi connectivity index (χ2v) is 5.78. The molecule has 0 saturated heterocycles. The first-order valence-electron chi connectivity index (χ1n) is 7.25. The van der Waals surface area contributed by atoms with Crippen LogP contribution >= 0.6 is 23.2 Å². The molecule has 2 rings (SSSR count). The predicted molar refractivity (Wildman–Crippen MR) is 95.5 cm³/mol. The number of carbonyl (C=O) groups excluding carboxylic acids is 1. The summed E-state index contributed by atoms with van der Waals surface area (Å²) in [5.41, 5.74) is 8.65. The molecule has 0 aromatic heterocycles. The van der Waals surface area contributed by atoms with Crippen molar-refractivity contribution in [2.75, 3.05) is 24.2 Å². The van der Waals surface area contributed by atoms with Gasteiger partial charge in [0.25, 0.3) is 0 Å². The van der Waals surface area contributed by atoms with E-state index in [1.54, 1.807) is 37.3 Å². The van der Waals surface area contributed by atoms with E-state index in [0.29, 0.717) is 46.6 Å². The lowest BCUT2D eigenvalue weighted by molar-refractivity contribution is 0.0526. The third-order valence-corrected chi connectivity index (χ3v) is 3.88. The SMILES string of the molecule is CCOC(=O)c1ccc(N)c(NCCc2ccc(Cl)cc2Cl)c1. The number of anilines is 2. The van der Waals surface area contributed by atoms with Crippen molar-refractivity contribution in [1.29, 1.82) is 0 Å². The highest BCUT2D eigenvalue weighted by molar-refractivity contribution is 6.35. The Labute approximate surface area is 145 Å². The number of nitrogens with two attached hydrogens (primary N) is 1. The number of rotatable bonds is 6. The van der Waals surface area contributed by atoms with Gasteiger partial charge in [-0.25, -0.2) is 4.79 Å². The first-order chi connectivity index (χ1) is 11.0. The standard InChI is InChI=1S/C17H18Cl2N2O2/c1-2-23-17(22)12-4-6-15(20)16(9-12)21-8-7-11-3-5-13(18)10-14(11)19/h3-6,9-10,21H,2,7-8,20H2,1H3. The Balaban J connectivity index is 2.02. The molecule has 0 unspecified atom stereocenters. The lowest BCUT2D eigenvalue weighted by atomic mass is 10.1. The van der Waals surface area contributed by atoms with E-state index in [0.717, 1.165) is 5.56 Å². The molecule has 3 N–H and O–H groups in total. The Morgan fingerprint density at radius 1 is 1.22 bits per heavy atom. The number of esters is 1. The van der Waals surface area contributed by atoms with E-state index in [4.69, 9.17) is 33.7 Å². The van der Waals surface area contributed by atoms with Gasteiger partial charge in [0.1, 0.15) is 0 Å². The maximum absolute atomic E-state index is 11.8. The molecule has 0 atom stereocenters. The van der Waals surface area contributed by atoms with Crippen LogP contribution in [0.3, 0.4) is 0 Å². The second-order valence-electron chi connectivity index (χ2n) is 4.94. The van der Waals surface area contributed by atoms with Crippen molar-refractivity contribution in [3.05, 3.63) is 57.6 Å². The van der Waals surface area contributed by atoms with E-state index in [2.05, 4.69) is 5.32 Å². The minimum Gasteiger partial charge on any atom is -0.462 e. The van der Waals surface area contributed by atoms with Crippen LogP contribution in [0.2, 0.25) is 10.0 Å². The van der Waals surface area contributed by atoms with Crippen LogP contribution < -0.4 is 11.1 Å². The fourth-order valence-electron chi connectivity index (χ4n) is 2.11. The molecule has 0 spiro atoms. The predicted octanol–water partition coefficient (Wildman–Crippen LogP) is 4.41. The fourth-order valence-corrected chi connectivity index (χ4v) is 2.61. The van der Waals surface area contributed by atoms with Gasteiger partial charge in [0.05, 0.1) is 23.5 Å². The summed E-state index contributed by atoms with van der Waals surface area (Å²) in [6, 6.07) is 10.4. The van der Waals surface area contributed by atoms with E-state index in [9.17, 15) is 4.79 Å². The first-order valence-corrected chi connectivity index (χ1v) is 8.01. The molecule has 122 valence electrons. The maximum Gasteiger partial charge on any atom is 0.338 e. The van der Waals surface area contributed by atoms with Crippen molar-refractivity contribution in [3.8, 4) is 0 Å². The van der Waals surface area contributed by atoms with E-state index < -0.39 is 0 Å². The highest BCUT2D eigenvalue weighted by Crippen LogP contribution is 2.23. The number of hydrogen-bond acceptors (Lipinski definition) is 4. The van der Waals surface area contributed by atoms with Gasteiger partial charge in [0, 0.05) is 16.6 Å². The molecule has 0 aliphatic heterocycles. The van der Waals surface area contributed by atoms with Crippen LogP contribution in [0.15, 0.2) is 36.4 Å². The number of benzene rings is 2. The van der Waals surface area contributed by atoms with Crippen molar-refractivity contribution >= 4 is 40.5 Å². The molecule has 2 aromatic carbocycles. The van der Waals surface area contributed by atoms with Gasteiger partial charge in [0.15, 0.2) is 0 Å². The summed E-state index contributed by atoms with van der Waals surface area (Å²) in [4.78, 5) is 11.8. The molecular formula is C17H18Cl2N2O2. The average molecular weight is 353 g/mol. The first kappa shape index (κ1) is 17.4. The summed E-state index contributed by atoms with van der Waals surface area (Å²) in [6.45, 7) is 2.73. The number of carbonyl (C=O) groups is 1. The van der Waals surface area contributed by atoms with Crippen LogP contribution in [0, 0.1) is 0 Å². The molecule has 6 heteroatoms. The third-order valence-electron chi connectivity index (χ3n) is 3.29. The van der Waals surface area contributed by atoms with Crippen LogP contribution in [0.25, 0.3) is 0 Å². The highest BCUT2D eigenvalue weighted by Gasteiger charge is 2.09. The van der Waals surface area contributed by atoms with Gasteiger partial charge in [0.2, 0.25) is 0 Å². The van der Waals surface area contributed by atoms with E-state index in [1.165, 1.54) is 0 Å². The third kappa shape index (κ3) is 4.78. The summed E-state index contributed by atoms with van der Waals surface area (Å²) in [6.07, 6.45) is 0.707. The zero-order valence-corrected chi connectivity index (χ0v) is 14.2. The molecule has 0 bridgehead atoms. The smallest absolute Gasteiger partial charge is 0.338 e. The molecule has 0 amide bonds. The number of ether oxygens (including phenoxy) is 1. The van der Waals surface area contributed by atoms with Gasteiger partial charge in [-0.05, 0) is 49.2 Å². The zero-order chi connectivity index (χ0) is 16.8. The number of halogens is 2. The van der Waals surface area contributed by atoms with Crippen LogP contribution in [-0.2, 0) is 11.2 Å². The van der Waals surface area contributed by atoms with Crippen molar-refractivity contribution in [1.82, 2.24) is 0 Å². The molecule has 0 aliphatic rings. The van der Waals surface area contributed by atoms with Gasteiger partial charge >= 0.3 is 5.97 Å². The molecule has 23 heavy (non-hydrogen) atoms. The Bertz CT molecular complexity index is 705. The summed E-state index contributed by atoms with van der Waals surface area (Å²) in [5, 5.41) is 4.46. The number of nitrogens with one attached hydrogen (secondary N) is 1. The summed E-state index contributed by atoms with van der Waals surface area (Å²) in [7, 11) is 0. The van der Waals surface area contributed by atoms with E-state index in [-0.39, 0.29) is 5.97 Å². The zero-order valence-electron chi connectivity index (χ0n) is 12.7. The highest BCUT2D eigenvalue weighted by atomic mass is 35.5. The van der Waals surface area contributed by atoms with Crippen molar-refractivity contribution in [3.63, 3.8) is 0 Å². The lowest BCUT2D eigenvalue weighted by Crippen LogP contribution is -2.10. The quantitative estimate of drug-likeness (QED) is 0.597. The number of hydrogen-bond donors (Lipinski definition) is 2. The van der Waals surface area contributed by atoms with Gasteiger partial charge < -0.3 is 15.8 Å². The van der Waals surface area contributed by atoms with Crippen molar-refractivity contribution in [2.45, 2.75) is 13.3 Å². The Morgan fingerprint density at radius 3 is 2.70 bits per heavy atom. The van der Waals surface area contributed by atoms with Gasteiger partial charge in [-0.3, -0.25) is 0 Å². The molecule has 0 radical (unpaired) electrons. The van der Waals surface area contributed by atoms with Gasteiger partial charge in [-0.1, -0.05) is 29.3 Å². The topological polar surface area (TPSA) is 64.3 Å². The largest absolute Gasteiger partial charge is 0.462 e. The van der Waals surface area contributed by atoms with Crippen molar-refractivity contribution < 1.29 is 9.53 Å². The van der Waals surface area contributed by atoms with Gasteiger partial charge in [-0.2, -0.15) is 0 Å². The Morgan fingerprint density at radius 2 is 2.00 bits per heavy atom. The van der Waals surface area contributed by atoms with Crippen LogP contribution in [0.4, 0.5) is 11.4 Å². The maximum atomic E-state index is 11.8. The molecule has 0 fully saturated rings. The minimum atomic E-state index is -0.365. The van der Waals surface area contributed by atoms with Crippen LogP contribution in [-0.4, -0.2) is 19.1 Å². The molecule has 2 aromatic rings. The van der Waals surface area contributed by atoms with E-state index in [1.807, 2.05) is 6.07 Å². The summed E-state index contributed by atoms with van der Waals surface area (Å²) >= 11 is 12.0. The Hall–Kier alpha value is -1.91. The normalized spacial score (nSPS) is 10.4. The molecule has 0 heterocycles. The monoisotopic (exact) mass is 352 g/mol. The van der Waals surface area contributed by atoms with Crippen LogP contribution in [0.5, 0.6) is 0 Å². The van der Waals surface area contributed by atoms with Crippen LogP contribution in [0.1, 0.15) is 22.8 Å². The Kier molecular flexibility index (Phi) is 6.13.